The van der Waals surface area contributed by atoms with Gasteiger partial charge in [-0.25, -0.2) is 0 Å². The molecule has 0 unspecified atom stereocenters. The van der Waals surface area contributed by atoms with Crippen LogP contribution in [0.2, 0.25) is 0 Å². The van der Waals surface area contributed by atoms with E-state index in [1.54, 1.807) is 0 Å². The summed E-state index contributed by atoms with van der Waals surface area (Å²) >= 11 is 18.3. The third-order valence-corrected chi connectivity index (χ3v) is 0.878. The van der Waals surface area contributed by atoms with Crippen molar-refractivity contribution in [1.82, 2.24) is 0 Å². The van der Waals surface area contributed by atoms with Crippen molar-refractivity contribution < 1.29 is 14.9 Å². The Labute approximate surface area is 71.9 Å². The Morgan fingerprint density at radius 1 is 1.00 bits per heavy atom. The van der Waals surface area contributed by atoms with E-state index < -0.39 is 10.1 Å². The standard InChI is InChI=1S/C2H3Cl3O2.ClHO/c3-2(4,5)1(6)7;1-2/h1,6-7H;2H. The van der Waals surface area contributed by atoms with E-state index in [0.29, 0.717) is 0 Å². The minimum absolute atomic E-state index is 1.91. The highest BCUT2D eigenvalue weighted by Gasteiger charge is 2.28. The van der Waals surface area contributed by atoms with Gasteiger partial charge in [0, 0.05) is 0 Å². The van der Waals surface area contributed by atoms with Crippen LogP contribution in [0, 0.1) is 0 Å². The van der Waals surface area contributed by atoms with Crippen LogP contribution >= 0.6 is 46.7 Å². The third kappa shape index (κ3) is 9.04. The Morgan fingerprint density at radius 3 is 1.11 bits per heavy atom. The van der Waals surface area contributed by atoms with Gasteiger partial charge in [0.1, 0.15) is 0 Å². The van der Waals surface area contributed by atoms with Gasteiger partial charge in [-0.05, 0) is 0 Å². The first-order valence-corrected chi connectivity index (χ1v) is 3.01. The van der Waals surface area contributed by atoms with Gasteiger partial charge in [0.15, 0.2) is 6.29 Å². The van der Waals surface area contributed by atoms with Gasteiger partial charge in [-0.1, -0.05) is 34.8 Å². The first-order chi connectivity index (χ1) is 3.94. The first-order valence-electron chi connectivity index (χ1n) is 1.54. The summed E-state index contributed by atoms with van der Waals surface area (Å²) in [6.07, 6.45) is -1.91. The van der Waals surface area contributed by atoms with Crippen molar-refractivity contribution in [1.29, 1.82) is 0 Å². The van der Waals surface area contributed by atoms with Gasteiger partial charge in [0.2, 0.25) is 3.79 Å². The van der Waals surface area contributed by atoms with Gasteiger partial charge >= 0.3 is 0 Å². The molecular formula is C2H4Cl4O3. The second-order valence-electron chi connectivity index (χ2n) is 0.915. The second kappa shape index (κ2) is 5.80. The zero-order chi connectivity index (χ0) is 8.08. The van der Waals surface area contributed by atoms with Gasteiger partial charge in [-0.3, -0.25) is 4.66 Å². The molecule has 0 saturated carbocycles. The first kappa shape index (κ1) is 12.7. The van der Waals surface area contributed by atoms with Crippen LogP contribution in [0.25, 0.3) is 0 Å². The molecular weight excluding hydrogens is 214 g/mol. The molecule has 3 nitrogen and oxygen atoms in total. The van der Waals surface area contributed by atoms with Gasteiger partial charge in [-0.2, -0.15) is 0 Å². The minimum Gasteiger partial charge on any atom is -0.365 e. The fourth-order valence-electron chi connectivity index (χ4n) is 0. The van der Waals surface area contributed by atoms with Crippen LogP contribution in [0.15, 0.2) is 0 Å². The molecule has 0 aliphatic rings. The van der Waals surface area contributed by atoms with Crippen LogP contribution in [-0.4, -0.2) is 25.0 Å². The van der Waals surface area contributed by atoms with Crippen molar-refractivity contribution in [3.05, 3.63) is 0 Å². The van der Waals surface area contributed by atoms with Crippen molar-refractivity contribution in [3.63, 3.8) is 0 Å². The van der Waals surface area contributed by atoms with Crippen LogP contribution in [-0.2, 0) is 0 Å². The number of aliphatic hydroxyl groups excluding tert-OH is 1. The molecule has 0 spiro atoms. The minimum atomic E-state index is -1.97. The zero-order valence-electron chi connectivity index (χ0n) is 3.93. The van der Waals surface area contributed by atoms with Crippen molar-refractivity contribution in [2.45, 2.75) is 10.1 Å². The predicted octanol–water partition coefficient (Wildman–Crippen LogP) is 0.800. The molecule has 0 heterocycles. The highest BCUT2D eigenvalue weighted by molar-refractivity contribution is 6.67. The average molecular weight is 218 g/mol. The van der Waals surface area contributed by atoms with Crippen LogP contribution in [0.5, 0.6) is 0 Å². The van der Waals surface area contributed by atoms with Crippen LogP contribution in [0.4, 0.5) is 0 Å². The number of aliphatic hydroxyl groups is 2. The Bertz CT molecular complexity index is 59.3. The largest absolute Gasteiger partial charge is 0.365 e. The molecule has 0 radical (unpaired) electrons. The van der Waals surface area contributed by atoms with Gasteiger partial charge in [0.05, 0.1) is 11.9 Å². The SMILES string of the molecule is OC(O)C(Cl)(Cl)Cl.OCl. The van der Waals surface area contributed by atoms with E-state index in [2.05, 4.69) is 11.9 Å². The van der Waals surface area contributed by atoms with E-state index in [1.165, 1.54) is 0 Å². The fourth-order valence-corrected chi connectivity index (χ4v) is 0. The highest BCUT2D eigenvalue weighted by atomic mass is 35.6. The number of hydrogen-bond acceptors (Lipinski definition) is 3. The summed E-state index contributed by atoms with van der Waals surface area (Å²) < 4.78 is 4.50. The van der Waals surface area contributed by atoms with Crippen molar-refractivity contribution in [2.24, 2.45) is 0 Å². The number of alkyl halides is 3. The van der Waals surface area contributed by atoms with E-state index in [4.69, 9.17) is 49.7 Å². The molecule has 0 aliphatic heterocycles. The fraction of sp³-hybridized carbons (Fsp3) is 1.00. The van der Waals surface area contributed by atoms with Crippen molar-refractivity contribution >= 4 is 46.7 Å². The third-order valence-electron chi connectivity index (χ3n) is 0.293. The molecule has 3 N–H and O–H groups in total. The number of rotatable bonds is 0. The molecule has 0 aliphatic carbocycles. The summed E-state index contributed by atoms with van der Waals surface area (Å²) in [6.45, 7) is 0. The molecule has 0 amide bonds. The van der Waals surface area contributed by atoms with E-state index in [-0.39, 0.29) is 0 Å². The zero-order valence-corrected chi connectivity index (χ0v) is 6.95. The molecule has 0 aromatic carbocycles. The molecule has 58 valence electrons. The van der Waals surface area contributed by atoms with Crippen molar-refractivity contribution in [3.8, 4) is 0 Å². The quantitative estimate of drug-likeness (QED) is 0.416. The average Bonchev–Trinajstić information content (AvgIpc) is 1.69. The Morgan fingerprint density at radius 2 is 1.11 bits per heavy atom. The summed E-state index contributed by atoms with van der Waals surface area (Å²) in [5.41, 5.74) is 0. The molecule has 9 heavy (non-hydrogen) atoms. The lowest BCUT2D eigenvalue weighted by molar-refractivity contribution is -0.0355. The Hall–Kier alpha value is 1.04. The lowest BCUT2D eigenvalue weighted by Gasteiger charge is -2.10. The predicted molar refractivity (Wildman–Crippen MR) is 36.6 cm³/mol. The normalized spacial score (nSPS) is 10.7. The summed E-state index contributed by atoms with van der Waals surface area (Å²) in [6, 6.07) is 0. The summed E-state index contributed by atoms with van der Waals surface area (Å²) in [5.74, 6) is 0. The lowest BCUT2D eigenvalue weighted by atomic mass is 10.8. The maximum atomic E-state index is 8.05. The Kier molecular flexibility index (Phi) is 8.18. The van der Waals surface area contributed by atoms with E-state index >= 15 is 0 Å². The van der Waals surface area contributed by atoms with E-state index in [1.807, 2.05) is 0 Å². The van der Waals surface area contributed by atoms with E-state index in [0.717, 1.165) is 0 Å². The van der Waals surface area contributed by atoms with Crippen molar-refractivity contribution in [2.75, 3.05) is 0 Å². The van der Waals surface area contributed by atoms with Gasteiger partial charge in [0.25, 0.3) is 0 Å². The lowest BCUT2D eigenvalue weighted by Crippen LogP contribution is -2.23. The summed E-state index contributed by atoms with van der Waals surface area (Å²) in [5, 5.41) is 16.1. The van der Waals surface area contributed by atoms with E-state index in [9.17, 15) is 0 Å². The Balaban J connectivity index is 0. The molecule has 0 rings (SSSR count). The molecule has 7 heteroatoms. The second-order valence-corrected chi connectivity index (χ2v) is 3.28. The van der Waals surface area contributed by atoms with Crippen LogP contribution in [0.3, 0.4) is 0 Å². The monoisotopic (exact) mass is 216 g/mol. The maximum absolute atomic E-state index is 8.05. The topological polar surface area (TPSA) is 60.7 Å². The molecule has 0 aromatic rings. The van der Waals surface area contributed by atoms with Crippen LogP contribution in [0.1, 0.15) is 0 Å². The van der Waals surface area contributed by atoms with Crippen LogP contribution < -0.4 is 0 Å². The molecule has 0 bridgehead atoms. The maximum Gasteiger partial charge on any atom is 0.240 e. The number of halogens is 4. The molecule has 0 aromatic heterocycles. The van der Waals surface area contributed by atoms with Gasteiger partial charge < -0.3 is 10.2 Å². The number of hydrogen-bond donors (Lipinski definition) is 3. The smallest absolute Gasteiger partial charge is 0.240 e. The molecule has 0 atom stereocenters. The highest BCUT2D eigenvalue weighted by Crippen LogP contribution is 2.28. The molecule has 0 fully saturated rings. The summed E-state index contributed by atoms with van der Waals surface area (Å²) in [4.78, 5) is 0. The van der Waals surface area contributed by atoms with Gasteiger partial charge in [-0.15, -0.1) is 0 Å². The molecule has 0 saturated heterocycles. The summed E-state index contributed by atoms with van der Waals surface area (Å²) in [7, 11) is 0.